The maximum absolute atomic E-state index is 13.1. The molecule has 4 aromatic rings. The molecule has 3 heterocycles. The number of likely N-dealkylation sites (tertiary alicyclic amines) is 1. The van der Waals surface area contributed by atoms with Crippen LogP contribution < -0.4 is 9.47 Å². The van der Waals surface area contributed by atoms with E-state index >= 15 is 0 Å². The van der Waals surface area contributed by atoms with Gasteiger partial charge >= 0.3 is 11.8 Å². The molecule has 8 nitrogen and oxygen atoms in total. The first-order valence-electron chi connectivity index (χ1n) is 10.8. The fraction of sp³-hybridized carbons (Fsp3) is 0.320. The number of carbonyl (C=O) groups excluding carboxylic acids is 1. The summed E-state index contributed by atoms with van der Waals surface area (Å²) >= 11 is 0. The number of aryl methyl sites for hydroxylation is 2. The molecule has 33 heavy (non-hydrogen) atoms. The van der Waals surface area contributed by atoms with E-state index in [0.717, 1.165) is 45.6 Å². The van der Waals surface area contributed by atoms with Crippen LogP contribution in [0.3, 0.4) is 0 Å². The number of benzene rings is 2. The SMILES string of the molecule is COc1ccc(OC)c(C2CCN(C(=O)c3nc(-c4oc5c(C)cccc5c4C)no3)C2)c1. The van der Waals surface area contributed by atoms with Gasteiger partial charge in [0.15, 0.2) is 5.76 Å². The second-order valence-electron chi connectivity index (χ2n) is 8.28. The summed E-state index contributed by atoms with van der Waals surface area (Å²) in [5.41, 5.74) is 3.75. The zero-order chi connectivity index (χ0) is 23.1. The number of amides is 1. The number of hydrogen-bond acceptors (Lipinski definition) is 7. The van der Waals surface area contributed by atoms with Crippen LogP contribution in [0, 0.1) is 13.8 Å². The Bertz CT molecular complexity index is 1340. The smallest absolute Gasteiger partial charge is 0.316 e. The zero-order valence-corrected chi connectivity index (χ0v) is 19.0. The second kappa shape index (κ2) is 8.27. The first kappa shape index (κ1) is 21.1. The molecule has 170 valence electrons. The molecule has 2 aromatic heterocycles. The number of nitrogens with zero attached hydrogens (tertiary/aromatic N) is 3. The number of fused-ring (bicyclic) bond motifs is 1. The lowest BCUT2D eigenvalue weighted by molar-refractivity contribution is 0.0741. The van der Waals surface area contributed by atoms with Crippen molar-refractivity contribution in [2.75, 3.05) is 27.3 Å². The molecular formula is C25H25N3O5. The number of rotatable bonds is 5. The van der Waals surface area contributed by atoms with Gasteiger partial charge in [-0.3, -0.25) is 4.79 Å². The van der Waals surface area contributed by atoms with Crippen LogP contribution in [-0.2, 0) is 0 Å². The average molecular weight is 447 g/mol. The molecule has 1 saturated heterocycles. The molecule has 1 aliphatic rings. The number of hydrogen-bond donors (Lipinski definition) is 0. The van der Waals surface area contributed by atoms with Crippen LogP contribution in [0.2, 0.25) is 0 Å². The van der Waals surface area contributed by atoms with Gasteiger partial charge in [0.2, 0.25) is 5.82 Å². The van der Waals surface area contributed by atoms with Crippen molar-refractivity contribution in [1.29, 1.82) is 0 Å². The highest BCUT2D eigenvalue weighted by atomic mass is 16.5. The minimum Gasteiger partial charge on any atom is -0.497 e. The Balaban J connectivity index is 1.37. The van der Waals surface area contributed by atoms with Gasteiger partial charge in [0.05, 0.1) is 14.2 Å². The summed E-state index contributed by atoms with van der Waals surface area (Å²) in [7, 11) is 3.28. The second-order valence-corrected chi connectivity index (χ2v) is 8.28. The van der Waals surface area contributed by atoms with E-state index in [1.54, 1.807) is 19.1 Å². The molecule has 1 aliphatic heterocycles. The van der Waals surface area contributed by atoms with Gasteiger partial charge in [0.25, 0.3) is 0 Å². The normalized spacial score (nSPS) is 15.9. The van der Waals surface area contributed by atoms with Gasteiger partial charge in [0.1, 0.15) is 17.1 Å². The lowest BCUT2D eigenvalue weighted by Gasteiger charge is -2.17. The largest absolute Gasteiger partial charge is 0.497 e. The monoisotopic (exact) mass is 447 g/mol. The zero-order valence-electron chi connectivity index (χ0n) is 19.0. The fourth-order valence-corrected chi connectivity index (χ4v) is 4.49. The van der Waals surface area contributed by atoms with Gasteiger partial charge in [-0.15, -0.1) is 0 Å². The van der Waals surface area contributed by atoms with Crippen molar-refractivity contribution in [3.8, 4) is 23.1 Å². The maximum atomic E-state index is 13.1. The summed E-state index contributed by atoms with van der Waals surface area (Å²) < 4.78 is 22.2. The highest BCUT2D eigenvalue weighted by Crippen LogP contribution is 2.37. The summed E-state index contributed by atoms with van der Waals surface area (Å²) in [5.74, 6) is 2.13. The molecule has 0 bridgehead atoms. The van der Waals surface area contributed by atoms with Crippen molar-refractivity contribution in [2.45, 2.75) is 26.2 Å². The topological polar surface area (TPSA) is 90.8 Å². The Morgan fingerprint density at radius 2 is 2.00 bits per heavy atom. The van der Waals surface area contributed by atoms with Crippen molar-refractivity contribution in [2.24, 2.45) is 0 Å². The minimum atomic E-state index is -0.289. The van der Waals surface area contributed by atoms with Gasteiger partial charge in [-0.2, -0.15) is 4.98 Å². The maximum Gasteiger partial charge on any atom is 0.316 e. The molecule has 1 unspecified atom stereocenters. The molecule has 0 spiro atoms. The Hall–Kier alpha value is -3.81. The van der Waals surface area contributed by atoms with Crippen LogP contribution in [0.1, 0.15) is 39.7 Å². The van der Waals surface area contributed by atoms with E-state index in [4.69, 9.17) is 18.4 Å². The van der Waals surface area contributed by atoms with Crippen molar-refractivity contribution >= 4 is 16.9 Å². The Kier molecular flexibility index (Phi) is 5.28. The summed E-state index contributed by atoms with van der Waals surface area (Å²) in [6, 6.07) is 11.7. The van der Waals surface area contributed by atoms with E-state index in [1.807, 2.05) is 50.2 Å². The van der Waals surface area contributed by atoms with Crippen LogP contribution >= 0.6 is 0 Å². The summed E-state index contributed by atoms with van der Waals surface area (Å²) in [5, 5.41) is 5.03. The molecule has 1 fully saturated rings. The van der Waals surface area contributed by atoms with Gasteiger partial charge < -0.3 is 23.3 Å². The number of methoxy groups -OCH3 is 2. The summed E-state index contributed by atoms with van der Waals surface area (Å²) in [6.07, 6.45) is 0.804. The molecule has 5 rings (SSSR count). The Morgan fingerprint density at radius 3 is 2.76 bits per heavy atom. The van der Waals surface area contributed by atoms with Gasteiger partial charge in [-0.25, -0.2) is 0 Å². The lowest BCUT2D eigenvalue weighted by atomic mass is 9.97. The molecule has 0 radical (unpaired) electrons. The van der Waals surface area contributed by atoms with E-state index in [9.17, 15) is 4.79 Å². The summed E-state index contributed by atoms with van der Waals surface area (Å²) in [6.45, 7) is 5.06. The van der Waals surface area contributed by atoms with E-state index in [2.05, 4.69) is 10.1 Å². The third kappa shape index (κ3) is 3.61. The van der Waals surface area contributed by atoms with Crippen molar-refractivity contribution in [1.82, 2.24) is 15.0 Å². The molecule has 0 aliphatic carbocycles. The van der Waals surface area contributed by atoms with Crippen molar-refractivity contribution in [3.05, 3.63) is 59.0 Å². The number of para-hydroxylation sites is 1. The molecular weight excluding hydrogens is 422 g/mol. The predicted molar refractivity (Wildman–Crippen MR) is 122 cm³/mol. The van der Waals surface area contributed by atoms with Gasteiger partial charge in [0, 0.05) is 35.5 Å². The third-order valence-electron chi connectivity index (χ3n) is 6.32. The quantitative estimate of drug-likeness (QED) is 0.436. The standard InChI is InChI=1S/C25H25N3O5/c1-14-6-5-7-18-15(2)22(32-21(14)18)23-26-24(33-27-23)25(29)28-11-10-16(13-28)19-12-17(30-3)8-9-20(19)31-4/h5-9,12,16H,10-11,13H2,1-4H3. The first-order chi connectivity index (χ1) is 16.0. The predicted octanol–water partition coefficient (Wildman–Crippen LogP) is 4.75. The van der Waals surface area contributed by atoms with Gasteiger partial charge in [-0.05, 0) is 44.0 Å². The lowest BCUT2D eigenvalue weighted by Crippen LogP contribution is -2.28. The average Bonchev–Trinajstić information content (AvgIpc) is 3.58. The van der Waals surface area contributed by atoms with Crippen LogP contribution in [0.15, 0.2) is 45.3 Å². The van der Waals surface area contributed by atoms with E-state index in [1.165, 1.54) is 0 Å². The molecule has 0 N–H and O–H groups in total. The Labute approximate surface area is 191 Å². The third-order valence-corrected chi connectivity index (χ3v) is 6.32. The molecule has 1 amide bonds. The molecule has 0 saturated carbocycles. The van der Waals surface area contributed by atoms with Crippen LogP contribution in [0.4, 0.5) is 0 Å². The number of aromatic nitrogens is 2. The Morgan fingerprint density at radius 1 is 1.15 bits per heavy atom. The molecule has 1 atom stereocenters. The van der Waals surface area contributed by atoms with Crippen LogP contribution in [0.25, 0.3) is 22.6 Å². The van der Waals surface area contributed by atoms with E-state index in [-0.39, 0.29) is 23.5 Å². The highest BCUT2D eigenvalue weighted by molar-refractivity contribution is 5.91. The highest BCUT2D eigenvalue weighted by Gasteiger charge is 2.33. The molecule has 8 heteroatoms. The van der Waals surface area contributed by atoms with E-state index in [0.29, 0.717) is 18.8 Å². The summed E-state index contributed by atoms with van der Waals surface area (Å²) in [4.78, 5) is 19.2. The van der Waals surface area contributed by atoms with Crippen molar-refractivity contribution < 1.29 is 23.2 Å². The number of furan rings is 1. The number of carbonyl (C=O) groups is 1. The first-order valence-corrected chi connectivity index (χ1v) is 10.8. The number of ether oxygens (including phenoxy) is 2. The van der Waals surface area contributed by atoms with Crippen molar-refractivity contribution in [3.63, 3.8) is 0 Å². The van der Waals surface area contributed by atoms with E-state index < -0.39 is 0 Å². The fourth-order valence-electron chi connectivity index (χ4n) is 4.49. The van der Waals surface area contributed by atoms with Crippen LogP contribution in [-0.4, -0.2) is 48.3 Å². The van der Waals surface area contributed by atoms with Crippen LogP contribution in [0.5, 0.6) is 11.5 Å². The minimum absolute atomic E-state index is 0.0418. The molecule has 2 aromatic carbocycles. The van der Waals surface area contributed by atoms with Gasteiger partial charge in [-0.1, -0.05) is 23.4 Å².